The van der Waals surface area contributed by atoms with Crippen molar-refractivity contribution in [1.82, 2.24) is 15.8 Å². The number of amides is 2. The molecule has 7 heteroatoms. The molecule has 0 bridgehead atoms. The number of para-hydroxylation sites is 1. The molecular formula is C15H12N4O3. The lowest BCUT2D eigenvalue weighted by molar-refractivity contribution is -0.605. The van der Waals surface area contributed by atoms with Gasteiger partial charge in [0.05, 0.1) is 11.1 Å². The zero-order chi connectivity index (χ0) is 15.5. The van der Waals surface area contributed by atoms with Gasteiger partial charge in [-0.05, 0) is 6.07 Å². The van der Waals surface area contributed by atoms with E-state index in [1.165, 1.54) is 24.5 Å². The Morgan fingerprint density at radius 1 is 1.00 bits per heavy atom. The number of fused-ring (bicyclic) bond motifs is 1. The summed E-state index contributed by atoms with van der Waals surface area (Å²) in [5, 5.41) is 11.7. The van der Waals surface area contributed by atoms with Gasteiger partial charge in [0, 0.05) is 29.2 Å². The van der Waals surface area contributed by atoms with Crippen LogP contribution in [0.15, 0.2) is 55.0 Å². The molecule has 0 saturated heterocycles. The quantitative estimate of drug-likeness (QED) is 0.371. The summed E-state index contributed by atoms with van der Waals surface area (Å²) in [5.41, 5.74) is 6.19. The Morgan fingerprint density at radius 2 is 1.68 bits per heavy atom. The molecular weight excluding hydrogens is 284 g/mol. The predicted octanol–water partition coefficient (Wildman–Crippen LogP) is 0.876. The third-order valence-electron chi connectivity index (χ3n) is 3.19. The van der Waals surface area contributed by atoms with Crippen molar-refractivity contribution in [2.75, 3.05) is 0 Å². The smallest absolute Gasteiger partial charge is 0.271 e. The van der Waals surface area contributed by atoms with Crippen LogP contribution in [-0.2, 0) is 0 Å². The van der Waals surface area contributed by atoms with Gasteiger partial charge in [0.15, 0.2) is 12.4 Å². The van der Waals surface area contributed by atoms with Crippen LogP contribution in [0.1, 0.15) is 20.7 Å². The lowest BCUT2D eigenvalue weighted by Gasteiger charge is -2.06. The summed E-state index contributed by atoms with van der Waals surface area (Å²) in [5.74, 6) is -0.936. The molecule has 110 valence electrons. The van der Waals surface area contributed by atoms with Gasteiger partial charge in [-0.1, -0.05) is 18.2 Å². The number of carbonyl (C=O) groups is 2. The van der Waals surface area contributed by atoms with Crippen LogP contribution in [-0.4, -0.2) is 16.8 Å². The number of nitrogens with zero attached hydrogens (tertiary/aromatic N) is 1. The van der Waals surface area contributed by atoms with Gasteiger partial charge in [0.25, 0.3) is 11.8 Å². The lowest BCUT2D eigenvalue weighted by Crippen LogP contribution is -2.41. The first-order valence-electron chi connectivity index (χ1n) is 6.51. The maximum absolute atomic E-state index is 12.1. The Balaban J connectivity index is 1.70. The van der Waals surface area contributed by atoms with Crippen molar-refractivity contribution in [3.63, 3.8) is 0 Å². The van der Waals surface area contributed by atoms with E-state index in [2.05, 4.69) is 15.8 Å². The normalized spacial score (nSPS) is 10.4. The van der Waals surface area contributed by atoms with Crippen LogP contribution >= 0.6 is 0 Å². The van der Waals surface area contributed by atoms with E-state index in [0.717, 1.165) is 10.9 Å². The number of carbonyl (C=O) groups excluding carboxylic acids is 2. The molecule has 0 unspecified atom stereocenters. The zero-order valence-electron chi connectivity index (χ0n) is 11.4. The molecule has 1 aromatic carbocycles. The second-order valence-electron chi connectivity index (χ2n) is 4.60. The van der Waals surface area contributed by atoms with Crippen molar-refractivity contribution in [3.05, 3.63) is 71.3 Å². The minimum atomic E-state index is -0.506. The standard InChI is InChI=1S/C15H12N4O3/c20-14(10-5-7-19(22)8-6-10)17-18-15(21)12-9-16-13-4-2-1-3-11(12)13/h1-9,16H,(H,17,20)(H,18,21). The summed E-state index contributed by atoms with van der Waals surface area (Å²) in [6.07, 6.45) is 3.99. The number of rotatable bonds is 2. The first-order valence-corrected chi connectivity index (χ1v) is 6.51. The highest BCUT2D eigenvalue weighted by Crippen LogP contribution is 2.17. The summed E-state index contributed by atoms with van der Waals surface area (Å²) in [7, 11) is 0. The van der Waals surface area contributed by atoms with Crippen molar-refractivity contribution < 1.29 is 14.3 Å². The monoisotopic (exact) mass is 296 g/mol. The minimum Gasteiger partial charge on any atom is -0.619 e. The highest BCUT2D eigenvalue weighted by atomic mass is 16.5. The number of hydrogen-bond donors (Lipinski definition) is 3. The highest BCUT2D eigenvalue weighted by Gasteiger charge is 2.13. The molecule has 0 saturated carbocycles. The number of benzene rings is 1. The lowest BCUT2D eigenvalue weighted by atomic mass is 10.2. The maximum atomic E-state index is 12.1. The topological polar surface area (TPSA) is 101 Å². The van der Waals surface area contributed by atoms with E-state index in [4.69, 9.17) is 0 Å². The van der Waals surface area contributed by atoms with E-state index < -0.39 is 11.8 Å². The second kappa shape index (κ2) is 5.57. The number of H-pyrrole nitrogens is 1. The second-order valence-corrected chi connectivity index (χ2v) is 4.60. The van der Waals surface area contributed by atoms with Gasteiger partial charge in [-0.3, -0.25) is 20.4 Å². The van der Waals surface area contributed by atoms with Crippen molar-refractivity contribution in [3.8, 4) is 0 Å². The number of aromatic nitrogens is 2. The molecule has 2 heterocycles. The first-order chi connectivity index (χ1) is 10.6. The van der Waals surface area contributed by atoms with Crippen LogP contribution in [0.25, 0.3) is 10.9 Å². The molecule has 0 fully saturated rings. The molecule has 0 aliphatic carbocycles. The molecule has 22 heavy (non-hydrogen) atoms. The molecule has 3 rings (SSSR count). The van der Waals surface area contributed by atoms with Crippen molar-refractivity contribution in [1.29, 1.82) is 0 Å². The van der Waals surface area contributed by atoms with E-state index in [1.807, 2.05) is 24.3 Å². The van der Waals surface area contributed by atoms with Gasteiger partial charge in [0.2, 0.25) is 0 Å². The summed E-state index contributed by atoms with van der Waals surface area (Å²) < 4.78 is 0.571. The van der Waals surface area contributed by atoms with Gasteiger partial charge >= 0.3 is 0 Å². The Kier molecular flexibility index (Phi) is 3.45. The van der Waals surface area contributed by atoms with Gasteiger partial charge in [-0.15, -0.1) is 0 Å². The minimum absolute atomic E-state index is 0.270. The van der Waals surface area contributed by atoms with Crippen LogP contribution in [0, 0.1) is 5.21 Å². The molecule has 3 N–H and O–H groups in total. The summed E-state index contributed by atoms with van der Waals surface area (Å²) in [6.45, 7) is 0. The van der Waals surface area contributed by atoms with E-state index >= 15 is 0 Å². The third kappa shape index (κ3) is 2.59. The Bertz CT molecular complexity index is 839. The molecule has 0 aliphatic rings. The fourth-order valence-electron chi connectivity index (χ4n) is 2.08. The van der Waals surface area contributed by atoms with Crippen LogP contribution in [0.3, 0.4) is 0 Å². The van der Waals surface area contributed by atoms with E-state index in [1.54, 1.807) is 6.20 Å². The zero-order valence-corrected chi connectivity index (χ0v) is 11.4. The summed E-state index contributed by atoms with van der Waals surface area (Å²) in [4.78, 5) is 26.9. The van der Waals surface area contributed by atoms with Crippen molar-refractivity contribution in [2.24, 2.45) is 0 Å². The maximum Gasteiger partial charge on any atom is 0.271 e. The fourth-order valence-corrected chi connectivity index (χ4v) is 2.08. The third-order valence-corrected chi connectivity index (χ3v) is 3.19. The van der Waals surface area contributed by atoms with Crippen LogP contribution in [0.4, 0.5) is 0 Å². The molecule has 0 aliphatic heterocycles. The molecule has 0 spiro atoms. The first kappa shape index (κ1) is 13.6. The van der Waals surface area contributed by atoms with E-state index in [9.17, 15) is 14.8 Å². The van der Waals surface area contributed by atoms with Crippen LogP contribution in [0.5, 0.6) is 0 Å². The summed E-state index contributed by atoms with van der Waals surface area (Å²) in [6, 6.07) is 10.1. The SMILES string of the molecule is O=C(NNC(=O)c1c[nH]c2ccccc12)c1cc[n+]([O-])cc1. The number of hydrogen-bond acceptors (Lipinski definition) is 3. The predicted molar refractivity (Wildman–Crippen MR) is 78.6 cm³/mol. The molecule has 3 aromatic rings. The highest BCUT2D eigenvalue weighted by molar-refractivity contribution is 6.07. The van der Waals surface area contributed by atoms with E-state index in [-0.39, 0.29) is 5.56 Å². The van der Waals surface area contributed by atoms with E-state index in [0.29, 0.717) is 10.3 Å². The fraction of sp³-hybridized carbons (Fsp3) is 0. The van der Waals surface area contributed by atoms with Gasteiger partial charge < -0.3 is 10.2 Å². The van der Waals surface area contributed by atoms with Crippen molar-refractivity contribution >= 4 is 22.7 Å². The average molecular weight is 296 g/mol. The van der Waals surface area contributed by atoms with Gasteiger partial charge in [-0.25, -0.2) is 0 Å². The van der Waals surface area contributed by atoms with Gasteiger partial charge in [0.1, 0.15) is 0 Å². The molecule has 7 nitrogen and oxygen atoms in total. The Labute approximate surface area is 125 Å². The molecule has 2 amide bonds. The van der Waals surface area contributed by atoms with Gasteiger partial charge in [-0.2, -0.15) is 4.73 Å². The van der Waals surface area contributed by atoms with Crippen molar-refractivity contribution in [2.45, 2.75) is 0 Å². The number of pyridine rings is 1. The Morgan fingerprint density at radius 3 is 2.45 bits per heavy atom. The number of nitrogens with one attached hydrogen (secondary N) is 3. The molecule has 0 atom stereocenters. The number of aromatic amines is 1. The summed E-state index contributed by atoms with van der Waals surface area (Å²) >= 11 is 0. The van der Waals surface area contributed by atoms with Crippen LogP contribution in [0.2, 0.25) is 0 Å². The molecule has 0 radical (unpaired) electrons. The Hall–Kier alpha value is -3.35. The molecule has 2 aromatic heterocycles. The average Bonchev–Trinajstić information content (AvgIpc) is 2.97. The largest absolute Gasteiger partial charge is 0.619 e. The van der Waals surface area contributed by atoms with Crippen LogP contribution < -0.4 is 15.6 Å². The number of hydrazine groups is 1.